The number of hydrazone groups is 1. The lowest BCUT2D eigenvalue weighted by atomic mass is 10.1. The molecule has 0 atom stereocenters. The Kier molecular flexibility index (Phi) is 4.11. The molecule has 0 spiro atoms. The molecule has 4 nitrogen and oxygen atoms in total. The highest BCUT2D eigenvalue weighted by Gasteiger charge is 2.09. The first-order valence-corrected chi connectivity index (χ1v) is 6.21. The van der Waals surface area contributed by atoms with Crippen molar-refractivity contribution in [3.63, 3.8) is 0 Å². The normalized spacial score (nSPS) is 11.4. The second-order valence-corrected chi connectivity index (χ2v) is 4.53. The molecule has 1 heterocycles. The molecule has 0 aliphatic rings. The Morgan fingerprint density at radius 2 is 1.95 bits per heavy atom. The number of furan rings is 1. The minimum atomic E-state index is -0.452. The molecule has 1 N–H and O–H groups in total. The predicted molar refractivity (Wildman–Crippen MR) is 72.5 cm³/mol. The third-order valence-electron chi connectivity index (χ3n) is 2.38. The van der Waals surface area contributed by atoms with E-state index in [4.69, 9.17) is 4.42 Å². The molecule has 0 saturated carbocycles. The topological polar surface area (TPSA) is 54.6 Å². The van der Waals surface area contributed by atoms with Gasteiger partial charge in [0.05, 0.1) is 5.71 Å². The highest BCUT2D eigenvalue weighted by atomic mass is 79.9. The van der Waals surface area contributed by atoms with E-state index in [1.807, 2.05) is 0 Å². The van der Waals surface area contributed by atoms with Crippen LogP contribution in [0, 0.1) is 5.82 Å². The van der Waals surface area contributed by atoms with Gasteiger partial charge in [0, 0.05) is 0 Å². The summed E-state index contributed by atoms with van der Waals surface area (Å²) in [6.07, 6.45) is 0. The first kappa shape index (κ1) is 13.5. The van der Waals surface area contributed by atoms with Crippen molar-refractivity contribution in [2.75, 3.05) is 0 Å². The Labute approximate surface area is 117 Å². The zero-order valence-corrected chi connectivity index (χ0v) is 11.6. The van der Waals surface area contributed by atoms with Crippen LogP contribution in [-0.2, 0) is 0 Å². The first-order chi connectivity index (χ1) is 9.06. The van der Waals surface area contributed by atoms with Gasteiger partial charge in [-0.15, -0.1) is 0 Å². The smallest absolute Gasteiger partial charge is 0.307 e. The van der Waals surface area contributed by atoms with Crippen molar-refractivity contribution in [2.45, 2.75) is 6.92 Å². The summed E-state index contributed by atoms with van der Waals surface area (Å²) in [5.74, 6) is -0.615. The van der Waals surface area contributed by atoms with E-state index < -0.39 is 5.91 Å². The van der Waals surface area contributed by atoms with Crippen LogP contribution in [0.1, 0.15) is 23.0 Å². The van der Waals surface area contributed by atoms with Gasteiger partial charge < -0.3 is 4.42 Å². The summed E-state index contributed by atoms with van der Waals surface area (Å²) in [5, 5.41) is 3.93. The van der Waals surface area contributed by atoms with Crippen LogP contribution in [0.2, 0.25) is 0 Å². The highest BCUT2D eigenvalue weighted by Crippen LogP contribution is 2.13. The molecular formula is C13H10BrFN2O2. The fourth-order valence-electron chi connectivity index (χ4n) is 1.38. The number of amides is 1. The number of carbonyl (C=O) groups excluding carboxylic acids is 1. The van der Waals surface area contributed by atoms with Crippen molar-refractivity contribution >= 4 is 27.5 Å². The molecule has 0 radical (unpaired) electrons. The molecule has 1 aromatic heterocycles. The molecule has 2 aromatic rings. The standard InChI is InChI=1S/C13H10BrFN2O2/c1-8(9-2-4-10(15)5-3-9)16-17-13(18)11-6-7-12(14)19-11/h2-7H,1H3,(H,17,18)/b16-8+. The van der Waals surface area contributed by atoms with Crippen LogP contribution in [0.3, 0.4) is 0 Å². The van der Waals surface area contributed by atoms with E-state index in [2.05, 4.69) is 26.5 Å². The van der Waals surface area contributed by atoms with Gasteiger partial charge in [0.25, 0.3) is 0 Å². The van der Waals surface area contributed by atoms with Gasteiger partial charge in [0.15, 0.2) is 10.4 Å². The number of carbonyl (C=O) groups is 1. The van der Waals surface area contributed by atoms with Crippen molar-refractivity contribution in [2.24, 2.45) is 5.10 Å². The molecule has 1 amide bonds. The van der Waals surface area contributed by atoms with Crippen molar-refractivity contribution in [3.8, 4) is 0 Å². The highest BCUT2D eigenvalue weighted by molar-refractivity contribution is 9.10. The molecule has 0 unspecified atom stereocenters. The van der Waals surface area contributed by atoms with E-state index in [0.717, 1.165) is 5.56 Å². The Hall–Kier alpha value is -1.95. The number of nitrogens with zero attached hydrogens (tertiary/aromatic N) is 1. The maximum absolute atomic E-state index is 12.8. The van der Waals surface area contributed by atoms with E-state index in [-0.39, 0.29) is 11.6 Å². The molecule has 6 heteroatoms. The van der Waals surface area contributed by atoms with Gasteiger partial charge in [-0.3, -0.25) is 4.79 Å². The lowest BCUT2D eigenvalue weighted by Gasteiger charge is -2.01. The average Bonchev–Trinajstić information content (AvgIpc) is 2.83. The average molecular weight is 325 g/mol. The molecule has 19 heavy (non-hydrogen) atoms. The summed E-state index contributed by atoms with van der Waals surface area (Å²) in [6, 6.07) is 8.99. The third-order valence-corrected chi connectivity index (χ3v) is 2.81. The fraction of sp³-hybridized carbons (Fsp3) is 0.0769. The van der Waals surface area contributed by atoms with Crippen LogP contribution in [0.4, 0.5) is 4.39 Å². The van der Waals surface area contributed by atoms with E-state index in [1.165, 1.54) is 18.2 Å². The second kappa shape index (κ2) is 5.79. The van der Waals surface area contributed by atoms with Gasteiger partial charge in [-0.2, -0.15) is 5.10 Å². The molecule has 0 aliphatic heterocycles. The number of hydrogen-bond acceptors (Lipinski definition) is 3. The van der Waals surface area contributed by atoms with Crippen LogP contribution in [0.5, 0.6) is 0 Å². The van der Waals surface area contributed by atoms with E-state index in [1.54, 1.807) is 25.1 Å². The minimum absolute atomic E-state index is 0.155. The third kappa shape index (κ3) is 3.51. The van der Waals surface area contributed by atoms with Crippen molar-refractivity contribution in [1.82, 2.24) is 5.43 Å². The maximum atomic E-state index is 12.8. The summed E-state index contributed by atoms with van der Waals surface area (Å²) in [5.41, 5.74) is 3.66. The number of rotatable bonds is 3. The van der Waals surface area contributed by atoms with Crippen LogP contribution < -0.4 is 5.43 Å². The van der Waals surface area contributed by atoms with Crippen molar-refractivity contribution in [1.29, 1.82) is 0 Å². The lowest BCUT2D eigenvalue weighted by Crippen LogP contribution is -2.18. The molecule has 0 fully saturated rings. The largest absolute Gasteiger partial charge is 0.444 e. The van der Waals surface area contributed by atoms with Gasteiger partial charge >= 0.3 is 5.91 Å². The number of nitrogens with one attached hydrogen (secondary N) is 1. The predicted octanol–water partition coefficient (Wildman–Crippen LogP) is 3.34. The van der Waals surface area contributed by atoms with Crippen LogP contribution >= 0.6 is 15.9 Å². The SMILES string of the molecule is C/C(=N\NC(=O)c1ccc(Br)o1)c1ccc(F)cc1. The molecule has 98 valence electrons. The molecule has 0 aliphatic carbocycles. The Morgan fingerprint density at radius 3 is 2.53 bits per heavy atom. The van der Waals surface area contributed by atoms with Gasteiger partial charge in [0.2, 0.25) is 0 Å². The summed E-state index contributed by atoms with van der Waals surface area (Å²) in [4.78, 5) is 11.7. The number of hydrogen-bond donors (Lipinski definition) is 1. The zero-order valence-electron chi connectivity index (χ0n) is 9.98. The van der Waals surface area contributed by atoms with Crippen molar-refractivity contribution < 1.29 is 13.6 Å². The minimum Gasteiger partial charge on any atom is -0.444 e. The monoisotopic (exact) mass is 324 g/mol. The summed E-state index contributed by atoms with van der Waals surface area (Å²) < 4.78 is 18.3. The van der Waals surface area contributed by atoms with Crippen molar-refractivity contribution in [3.05, 3.63) is 58.2 Å². The Bertz CT molecular complexity index is 620. The molecule has 0 saturated heterocycles. The van der Waals surface area contributed by atoms with Gasteiger partial charge in [0.1, 0.15) is 5.82 Å². The van der Waals surface area contributed by atoms with E-state index >= 15 is 0 Å². The number of halogens is 2. The van der Waals surface area contributed by atoms with Crippen LogP contribution in [0.15, 0.2) is 50.6 Å². The fourth-order valence-corrected chi connectivity index (χ4v) is 1.69. The van der Waals surface area contributed by atoms with Gasteiger partial charge in [-0.05, 0) is 52.7 Å². The van der Waals surface area contributed by atoms with E-state index in [9.17, 15) is 9.18 Å². The van der Waals surface area contributed by atoms with E-state index in [0.29, 0.717) is 10.4 Å². The molecule has 2 rings (SSSR count). The molecular weight excluding hydrogens is 315 g/mol. The Balaban J connectivity index is 2.06. The Morgan fingerprint density at radius 1 is 1.26 bits per heavy atom. The zero-order chi connectivity index (χ0) is 13.8. The molecule has 0 bridgehead atoms. The first-order valence-electron chi connectivity index (χ1n) is 5.42. The number of benzene rings is 1. The summed E-state index contributed by atoms with van der Waals surface area (Å²) in [6.45, 7) is 1.71. The summed E-state index contributed by atoms with van der Waals surface area (Å²) >= 11 is 3.11. The maximum Gasteiger partial charge on any atom is 0.307 e. The van der Waals surface area contributed by atoms with Gasteiger partial charge in [-0.25, -0.2) is 9.82 Å². The quantitative estimate of drug-likeness (QED) is 0.695. The van der Waals surface area contributed by atoms with Crippen LogP contribution in [0.25, 0.3) is 0 Å². The van der Waals surface area contributed by atoms with Crippen LogP contribution in [-0.4, -0.2) is 11.6 Å². The summed E-state index contributed by atoms with van der Waals surface area (Å²) in [7, 11) is 0. The lowest BCUT2D eigenvalue weighted by molar-refractivity contribution is 0.0926. The van der Waals surface area contributed by atoms with Gasteiger partial charge in [-0.1, -0.05) is 12.1 Å². The molecule has 1 aromatic carbocycles. The second-order valence-electron chi connectivity index (χ2n) is 3.75.